The highest BCUT2D eigenvalue weighted by atomic mass is 16.3. The number of hydrogen-bond donors (Lipinski definition) is 4. The van der Waals surface area contributed by atoms with Gasteiger partial charge in [-0.2, -0.15) is 5.26 Å². The molecule has 0 aromatic heterocycles. The number of aliphatic hydroxyl groups excluding tert-OH is 1. The molecule has 5 heteroatoms. The fourth-order valence-corrected chi connectivity index (χ4v) is 0.410. The second-order valence-electron chi connectivity index (χ2n) is 1.54. The Hall–Kier alpha value is -1.25. The normalized spacial score (nSPS) is 11.7. The summed E-state index contributed by atoms with van der Waals surface area (Å²) in [5.74, 6) is 0. The Labute approximate surface area is 59.1 Å². The first-order valence-corrected chi connectivity index (χ1v) is 2.68. The number of nitriles is 1. The van der Waals surface area contributed by atoms with Crippen LogP contribution >= 0.6 is 0 Å². The fraction of sp³-hybridized carbons (Fsp3) is 0.400. The van der Waals surface area contributed by atoms with Crippen LogP contribution in [0.25, 0.3) is 0 Å². The molecule has 0 aliphatic carbocycles. The third-order valence-corrected chi connectivity index (χ3v) is 0.880. The number of hydrogen-bond acceptors (Lipinski definition) is 5. The summed E-state index contributed by atoms with van der Waals surface area (Å²) in [7, 11) is 1.61. The van der Waals surface area contributed by atoms with Gasteiger partial charge in [-0.15, -0.1) is 0 Å². The third kappa shape index (κ3) is 2.35. The lowest BCUT2D eigenvalue weighted by Gasteiger charge is -2.05. The molecule has 0 saturated carbocycles. The van der Waals surface area contributed by atoms with Gasteiger partial charge < -0.3 is 16.3 Å². The topological polar surface area (TPSA) is 94.1 Å². The summed E-state index contributed by atoms with van der Waals surface area (Å²) < 4.78 is 0. The molecule has 0 heterocycles. The van der Waals surface area contributed by atoms with E-state index in [2.05, 4.69) is 10.9 Å². The zero-order valence-corrected chi connectivity index (χ0v) is 5.68. The minimum Gasteiger partial charge on any atom is -0.390 e. The van der Waals surface area contributed by atoms with Crippen molar-refractivity contribution in [3.8, 4) is 6.07 Å². The van der Waals surface area contributed by atoms with Crippen molar-refractivity contribution < 1.29 is 5.11 Å². The van der Waals surface area contributed by atoms with E-state index in [4.69, 9.17) is 16.1 Å². The van der Waals surface area contributed by atoms with Crippen molar-refractivity contribution in [3.63, 3.8) is 0 Å². The zero-order valence-electron chi connectivity index (χ0n) is 5.68. The minimum atomic E-state index is -0.278. The quantitative estimate of drug-likeness (QED) is 0.281. The van der Waals surface area contributed by atoms with Crippen LogP contribution in [0.1, 0.15) is 0 Å². The molecule has 5 N–H and O–H groups in total. The van der Waals surface area contributed by atoms with Gasteiger partial charge in [0.15, 0.2) is 0 Å². The summed E-state index contributed by atoms with van der Waals surface area (Å²) in [6.45, 7) is -0.278. The summed E-state index contributed by atoms with van der Waals surface area (Å²) in [6.07, 6.45) is 0. The van der Waals surface area contributed by atoms with E-state index in [1.54, 1.807) is 13.1 Å². The average molecular weight is 142 g/mol. The predicted molar refractivity (Wildman–Crippen MR) is 36.1 cm³/mol. The number of aliphatic hydroxyl groups is 1. The Bertz CT molecular complexity index is 169. The molecule has 0 unspecified atom stereocenters. The highest BCUT2D eigenvalue weighted by Crippen LogP contribution is 1.88. The molecular formula is C5H10N4O. The first kappa shape index (κ1) is 8.75. The minimum absolute atomic E-state index is 0.0168. The lowest BCUT2D eigenvalue weighted by molar-refractivity contribution is 0.316. The smallest absolute Gasteiger partial charge is 0.133 e. The van der Waals surface area contributed by atoms with Crippen LogP contribution in [0, 0.1) is 11.3 Å². The third-order valence-electron chi connectivity index (χ3n) is 0.880. The molecule has 0 bridgehead atoms. The van der Waals surface area contributed by atoms with Gasteiger partial charge in [0.25, 0.3) is 0 Å². The molecule has 0 aromatic carbocycles. The Kier molecular flexibility index (Phi) is 4.04. The Balaban J connectivity index is 4.18. The molecule has 0 fully saturated rings. The highest BCUT2D eigenvalue weighted by molar-refractivity contribution is 5.22. The lowest BCUT2D eigenvalue weighted by atomic mass is 10.4. The van der Waals surface area contributed by atoms with Gasteiger partial charge in [-0.1, -0.05) is 0 Å². The maximum Gasteiger partial charge on any atom is 0.133 e. The Morgan fingerprint density at radius 2 is 2.40 bits per heavy atom. The lowest BCUT2D eigenvalue weighted by Crippen LogP contribution is -2.30. The molecule has 0 rings (SSSR count). The van der Waals surface area contributed by atoms with Gasteiger partial charge in [-0.25, -0.2) is 5.43 Å². The number of nitrogens with zero attached hydrogens (tertiary/aromatic N) is 1. The van der Waals surface area contributed by atoms with Crippen LogP contribution in [0.4, 0.5) is 0 Å². The molecule has 56 valence electrons. The molecule has 0 atom stereocenters. The summed E-state index contributed by atoms with van der Waals surface area (Å²) >= 11 is 0. The second kappa shape index (κ2) is 4.61. The van der Waals surface area contributed by atoms with Crippen molar-refractivity contribution >= 4 is 0 Å². The maximum atomic E-state index is 8.57. The van der Waals surface area contributed by atoms with Gasteiger partial charge in [-0.3, -0.25) is 0 Å². The molecule has 5 nitrogen and oxygen atoms in total. The van der Waals surface area contributed by atoms with Crippen molar-refractivity contribution in [3.05, 3.63) is 11.4 Å². The van der Waals surface area contributed by atoms with Crippen LogP contribution < -0.4 is 16.6 Å². The van der Waals surface area contributed by atoms with Gasteiger partial charge in [-0.05, 0) is 0 Å². The van der Waals surface area contributed by atoms with E-state index in [0.29, 0.717) is 0 Å². The van der Waals surface area contributed by atoms with E-state index < -0.39 is 0 Å². The second-order valence-corrected chi connectivity index (χ2v) is 1.54. The van der Waals surface area contributed by atoms with E-state index in [-0.39, 0.29) is 18.0 Å². The van der Waals surface area contributed by atoms with Crippen molar-refractivity contribution in [1.82, 2.24) is 10.9 Å². The maximum absolute atomic E-state index is 8.57. The van der Waals surface area contributed by atoms with Crippen LogP contribution in [-0.2, 0) is 0 Å². The first-order valence-electron chi connectivity index (χ1n) is 2.68. The average Bonchev–Trinajstić information content (AvgIpc) is 1.99. The number of nitrogens with two attached hydrogens (primary N) is 1. The monoisotopic (exact) mass is 142 g/mol. The van der Waals surface area contributed by atoms with Gasteiger partial charge in [0.2, 0.25) is 0 Å². The summed E-state index contributed by atoms with van der Waals surface area (Å²) in [5.41, 5.74) is 10.5. The van der Waals surface area contributed by atoms with Crippen molar-refractivity contribution in [2.75, 3.05) is 13.7 Å². The summed E-state index contributed by atoms with van der Waals surface area (Å²) in [4.78, 5) is 0. The molecule has 0 aromatic rings. The molecule has 0 aliphatic rings. The van der Waals surface area contributed by atoms with Crippen LogP contribution in [0.2, 0.25) is 0 Å². The van der Waals surface area contributed by atoms with Gasteiger partial charge in [0, 0.05) is 7.05 Å². The van der Waals surface area contributed by atoms with Crippen molar-refractivity contribution in [1.29, 1.82) is 5.26 Å². The van der Waals surface area contributed by atoms with Gasteiger partial charge in [0.1, 0.15) is 11.8 Å². The number of rotatable bonds is 3. The van der Waals surface area contributed by atoms with Crippen LogP contribution in [-0.4, -0.2) is 18.8 Å². The molecule has 10 heavy (non-hydrogen) atoms. The van der Waals surface area contributed by atoms with Crippen LogP contribution in [0.5, 0.6) is 0 Å². The summed E-state index contributed by atoms with van der Waals surface area (Å²) in [5, 5.41) is 16.8. The van der Waals surface area contributed by atoms with Crippen molar-refractivity contribution in [2.45, 2.75) is 0 Å². The SMILES string of the molecule is CNN/C(CO)=C(/N)C#N. The Morgan fingerprint density at radius 3 is 2.70 bits per heavy atom. The van der Waals surface area contributed by atoms with E-state index in [1.165, 1.54) is 0 Å². The molecule has 0 spiro atoms. The molecular weight excluding hydrogens is 132 g/mol. The predicted octanol–water partition coefficient (Wildman–Crippen LogP) is -1.60. The van der Waals surface area contributed by atoms with E-state index in [0.717, 1.165) is 0 Å². The van der Waals surface area contributed by atoms with Gasteiger partial charge in [0.05, 0.1) is 12.3 Å². The van der Waals surface area contributed by atoms with Crippen molar-refractivity contribution in [2.24, 2.45) is 5.73 Å². The standard InChI is InChI=1S/C5H10N4O/c1-8-9-5(3-10)4(7)2-6/h8-10H,3,7H2,1H3/b5-4+. The zero-order chi connectivity index (χ0) is 7.98. The van der Waals surface area contributed by atoms with E-state index in [9.17, 15) is 0 Å². The largest absolute Gasteiger partial charge is 0.390 e. The fourth-order valence-electron chi connectivity index (χ4n) is 0.410. The molecule has 0 amide bonds. The first-order chi connectivity index (χ1) is 4.76. The molecule has 0 radical (unpaired) electrons. The summed E-state index contributed by atoms with van der Waals surface area (Å²) in [6, 6.07) is 1.70. The number of hydrazine groups is 1. The molecule has 0 aliphatic heterocycles. The number of nitrogens with one attached hydrogen (secondary N) is 2. The number of allylic oxidation sites excluding steroid dienone is 1. The van der Waals surface area contributed by atoms with Gasteiger partial charge >= 0.3 is 0 Å². The van der Waals surface area contributed by atoms with E-state index >= 15 is 0 Å². The van der Waals surface area contributed by atoms with Crippen LogP contribution in [0.15, 0.2) is 11.4 Å². The van der Waals surface area contributed by atoms with E-state index in [1.807, 2.05) is 0 Å². The highest BCUT2D eigenvalue weighted by Gasteiger charge is 1.97. The molecule has 0 saturated heterocycles. The van der Waals surface area contributed by atoms with Crippen LogP contribution in [0.3, 0.4) is 0 Å². The Morgan fingerprint density at radius 1 is 1.80 bits per heavy atom.